The van der Waals surface area contributed by atoms with Crippen LogP contribution < -0.4 is 0 Å². The first-order chi connectivity index (χ1) is 18.7. The molecule has 0 radical (unpaired) electrons. The van der Waals surface area contributed by atoms with Crippen LogP contribution in [0.3, 0.4) is 0 Å². The number of hydrogen-bond donors (Lipinski definition) is 0. The minimum atomic E-state index is -1.03. The Hall–Kier alpha value is -2.01. The Morgan fingerprint density at radius 1 is 0.476 bits per heavy atom. The molecule has 0 aliphatic carbocycles. The number of carbonyl (C=O) groups is 3. The van der Waals surface area contributed by atoms with Crippen molar-refractivity contribution in [2.75, 3.05) is 0 Å². The second-order valence-corrected chi connectivity index (χ2v) is 14.7. The minimum Gasteiger partial charge on any atom is -0.300 e. The van der Waals surface area contributed by atoms with Gasteiger partial charge >= 0.3 is 0 Å². The van der Waals surface area contributed by atoms with Crippen LogP contribution >= 0.6 is 0 Å². The number of benzene rings is 1. The van der Waals surface area contributed by atoms with Gasteiger partial charge in [0.05, 0.1) is 0 Å². The van der Waals surface area contributed by atoms with Gasteiger partial charge in [-0.1, -0.05) is 12.1 Å². The monoisotopic (exact) mass is 594 g/mol. The van der Waals surface area contributed by atoms with Crippen LogP contribution in [0.15, 0.2) is 18.2 Å². The number of carbonyl (C=O) groups excluding carboxylic acids is 3. The summed E-state index contributed by atoms with van der Waals surface area (Å²) in [5.41, 5.74) is -3.20. The van der Waals surface area contributed by atoms with Gasteiger partial charge < -0.3 is 0 Å². The van der Waals surface area contributed by atoms with E-state index in [2.05, 4.69) is 0 Å². The quantitative estimate of drug-likeness (QED) is 0.126. The van der Waals surface area contributed by atoms with Gasteiger partial charge in [-0.15, -0.1) is 0 Å². The van der Waals surface area contributed by atoms with E-state index >= 15 is 0 Å². The van der Waals surface area contributed by atoms with Gasteiger partial charge in [0.15, 0.2) is 0 Å². The topological polar surface area (TPSA) is 107 Å². The summed E-state index contributed by atoms with van der Waals surface area (Å²) in [7, 11) is 0. The summed E-state index contributed by atoms with van der Waals surface area (Å²) >= 11 is 0. The Labute approximate surface area is 252 Å². The zero-order valence-corrected chi connectivity index (χ0v) is 28.5. The fraction of sp³-hybridized carbons (Fsp3) is 0.727. The zero-order chi connectivity index (χ0) is 32.9. The van der Waals surface area contributed by atoms with Crippen molar-refractivity contribution < 1.29 is 43.7 Å². The lowest BCUT2D eigenvalue weighted by molar-refractivity contribution is -0.410. The molecule has 0 N–H and O–H groups in total. The fourth-order valence-corrected chi connectivity index (χ4v) is 4.62. The highest BCUT2D eigenvalue weighted by Crippen LogP contribution is 2.41. The first-order valence-electron chi connectivity index (χ1n) is 14.4. The van der Waals surface area contributed by atoms with Crippen LogP contribution in [-0.2, 0) is 60.5 Å². The van der Waals surface area contributed by atoms with Gasteiger partial charge in [-0.25, -0.2) is 29.3 Å². The minimum absolute atomic E-state index is 0.00410. The van der Waals surface area contributed by atoms with Gasteiger partial charge in [-0.05, 0) is 127 Å². The van der Waals surface area contributed by atoms with Crippen molar-refractivity contribution in [3.63, 3.8) is 0 Å². The Morgan fingerprint density at radius 3 is 1.12 bits per heavy atom. The Bertz CT molecular complexity index is 1110. The molecule has 0 aliphatic heterocycles. The van der Waals surface area contributed by atoms with E-state index in [1.54, 1.807) is 41.5 Å². The van der Waals surface area contributed by atoms with Crippen molar-refractivity contribution in [1.29, 1.82) is 0 Å². The second-order valence-electron chi connectivity index (χ2n) is 14.7. The molecule has 0 aromatic heterocycles. The summed E-state index contributed by atoms with van der Waals surface area (Å²) in [6, 6.07) is 5.75. The normalized spacial score (nSPS) is 13.8. The van der Waals surface area contributed by atoms with Crippen LogP contribution in [0.1, 0.15) is 140 Å². The van der Waals surface area contributed by atoms with Crippen molar-refractivity contribution in [2.45, 2.75) is 157 Å². The lowest BCUT2D eigenvalue weighted by Crippen LogP contribution is -2.37. The molecule has 0 fully saturated rings. The van der Waals surface area contributed by atoms with Crippen molar-refractivity contribution in [3.05, 3.63) is 34.9 Å². The Balaban J connectivity index is 3.54. The van der Waals surface area contributed by atoms with Crippen molar-refractivity contribution >= 4 is 17.3 Å². The van der Waals surface area contributed by atoms with E-state index in [4.69, 9.17) is 29.3 Å². The molecule has 1 aromatic carbocycles. The molecule has 240 valence electrons. The van der Waals surface area contributed by atoms with Crippen LogP contribution in [0.2, 0.25) is 0 Å². The predicted molar refractivity (Wildman–Crippen MR) is 160 cm³/mol. The SMILES string of the molecule is CC(=O)CC(C)(C)OOC(C)(C)c1ccc(C(C)(C)OOC(C)(C)CC(C)=O)c(C(C)(C)OOC(C)(C)CC(C)=O)c1. The molecular weight excluding hydrogens is 540 g/mol. The lowest BCUT2D eigenvalue weighted by atomic mass is 9.82. The summed E-state index contributed by atoms with van der Waals surface area (Å²) in [6.45, 7) is 26.5. The van der Waals surface area contributed by atoms with Crippen LogP contribution in [0, 0.1) is 0 Å². The summed E-state index contributed by atoms with van der Waals surface area (Å²) in [5.74, 6) is -0.0339. The molecule has 0 saturated carbocycles. The predicted octanol–water partition coefficient (Wildman–Crippen LogP) is 7.51. The lowest BCUT2D eigenvalue weighted by Gasteiger charge is -2.37. The average molecular weight is 595 g/mol. The third-order valence-electron chi connectivity index (χ3n) is 6.46. The maximum atomic E-state index is 11.8. The van der Waals surface area contributed by atoms with E-state index in [1.807, 2.05) is 59.7 Å². The van der Waals surface area contributed by atoms with Crippen molar-refractivity contribution in [1.82, 2.24) is 0 Å². The van der Waals surface area contributed by atoms with E-state index in [1.165, 1.54) is 20.8 Å². The molecule has 0 amide bonds. The van der Waals surface area contributed by atoms with Gasteiger partial charge in [0, 0.05) is 19.3 Å². The van der Waals surface area contributed by atoms with Gasteiger partial charge in [0.1, 0.15) is 51.0 Å². The van der Waals surface area contributed by atoms with E-state index in [0.717, 1.165) is 16.7 Å². The summed E-state index contributed by atoms with van der Waals surface area (Å²) < 4.78 is 0. The molecule has 9 heteroatoms. The highest BCUT2D eigenvalue weighted by molar-refractivity contribution is 5.77. The maximum absolute atomic E-state index is 11.8. The molecule has 0 unspecified atom stereocenters. The third-order valence-corrected chi connectivity index (χ3v) is 6.46. The van der Waals surface area contributed by atoms with E-state index in [9.17, 15) is 14.4 Å². The number of ketones is 3. The molecule has 0 heterocycles. The van der Waals surface area contributed by atoms with Gasteiger partial charge in [-0.3, -0.25) is 14.4 Å². The Morgan fingerprint density at radius 2 is 0.786 bits per heavy atom. The molecule has 42 heavy (non-hydrogen) atoms. The standard InChI is InChI=1S/C33H54O9/c1-22(34)19-28(4,5)37-40-31(10,11)25-16-17-26(32(12,13)41-38-29(6,7)20-23(2)35)27(18-25)33(14,15)42-39-30(8,9)21-24(3)36/h16-18H,19-21H2,1-15H3. The van der Waals surface area contributed by atoms with Gasteiger partial charge in [-0.2, -0.15) is 0 Å². The number of Topliss-reactive ketones (excluding diaryl/α,β-unsaturated/α-hetero) is 3. The third kappa shape index (κ3) is 12.3. The summed E-state index contributed by atoms with van der Waals surface area (Å²) in [6.07, 6.45) is 0.568. The average Bonchev–Trinajstić information content (AvgIpc) is 2.78. The van der Waals surface area contributed by atoms with E-state index < -0.39 is 33.6 Å². The first-order valence-corrected chi connectivity index (χ1v) is 14.4. The van der Waals surface area contributed by atoms with E-state index in [0.29, 0.717) is 0 Å². The van der Waals surface area contributed by atoms with E-state index in [-0.39, 0.29) is 36.6 Å². The second kappa shape index (κ2) is 13.7. The van der Waals surface area contributed by atoms with Crippen LogP contribution in [-0.4, -0.2) is 34.2 Å². The van der Waals surface area contributed by atoms with Crippen LogP contribution in [0.4, 0.5) is 0 Å². The zero-order valence-electron chi connectivity index (χ0n) is 28.5. The molecule has 0 aliphatic rings. The molecule has 1 aromatic rings. The van der Waals surface area contributed by atoms with Crippen LogP contribution in [0.5, 0.6) is 0 Å². The first kappa shape index (κ1) is 38.0. The molecule has 9 nitrogen and oxygen atoms in total. The number of hydrogen-bond acceptors (Lipinski definition) is 9. The Kier molecular flexibility index (Phi) is 12.4. The largest absolute Gasteiger partial charge is 0.300 e. The molecule has 0 bridgehead atoms. The smallest absolute Gasteiger partial charge is 0.132 e. The summed E-state index contributed by atoms with van der Waals surface area (Å²) in [5, 5.41) is 0. The molecule has 0 atom stereocenters. The highest BCUT2D eigenvalue weighted by Gasteiger charge is 2.39. The fourth-order valence-electron chi connectivity index (χ4n) is 4.62. The highest BCUT2D eigenvalue weighted by atomic mass is 17.2. The molecule has 1 rings (SSSR count). The molecule has 0 saturated heterocycles. The van der Waals surface area contributed by atoms with Crippen LogP contribution in [0.25, 0.3) is 0 Å². The van der Waals surface area contributed by atoms with Gasteiger partial charge in [0.25, 0.3) is 0 Å². The summed E-state index contributed by atoms with van der Waals surface area (Å²) in [4.78, 5) is 70.5. The van der Waals surface area contributed by atoms with Crippen molar-refractivity contribution in [3.8, 4) is 0 Å². The van der Waals surface area contributed by atoms with Crippen molar-refractivity contribution in [2.24, 2.45) is 0 Å². The number of rotatable bonds is 18. The van der Waals surface area contributed by atoms with Gasteiger partial charge in [0.2, 0.25) is 0 Å². The molecule has 0 spiro atoms. The maximum Gasteiger partial charge on any atom is 0.132 e. The molecular formula is C33H54O9.